The number of aryl methyl sites for hydroxylation is 1. The highest BCUT2D eigenvalue weighted by Crippen LogP contribution is 2.14. The molecule has 0 atom stereocenters. The van der Waals surface area contributed by atoms with E-state index in [1.165, 1.54) is 13.3 Å². The van der Waals surface area contributed by atoms with E-state index in [9.17, 15) is 4.79 Å². The Kier molecular flexibility index (Phi) is 3.14. The molecule has 86 valence electrons. The van der Waals surface area contributed by atoms with Crippen LogP contribution in [0.4, 0.5) is 0 Å². The molecule has 2 rings (SSSR count). The monoisotopic (exact) mass is 228 g/mol. The Morgan fingerprint density at radius 3 is 2.82 bits per heavy atom. The van der Waals surface area contributed by atoms with Gasteiger partial charge in [0.15, 0.2) is 0 Å². The first-order chi connectivity index (χ1) is 8.20. The second-order valence-corrected chi connectivity index (χ2v) is 3.66. The van der Waals surface area contributed by atoms with Gasteiger partial charge in [-0.25, -0.2) is 0 Å². The summed E-state index contributed by atoms with van der Waals surface area (Å²) >= 11 is 0. The second kappa shape index (κ2) is 4.74. The third-order valence-corrected chi connectivity index (χ3v) is 2.36. The summed E-state index contributed by atoms with van der Waals surface area (Å²) in [6.07, 6.45) is 4.69. The van der Waals surface area contributed by atoms with Gasteiger partial charge < -0.3 is 4.74 Å². The van der Waals surface area contributed by atoms with Gasteiger partial charge in [0.25, 0.3) is 0 Å². The zero-order valence-electron chi connectivity index (χ0n) is 9.68. The molecule has 0 aliphatic carbocycles. The molecule has 0 spiro atoms. The zero-order chi connectivity index (χ0) is 12.3. The number of carbonyl (C=O) groups excluding carboxylic acids is 1. The first-order valence-corrected chi connectivity index (χ1v) is 5.17. The molecule has 4 nitrogen and oxygen atoms in total. The number of hydrogen-bond donors (Lipinski definition) is 0. The normalized spacial score (nSPS) is 10.0. The van der Waals surface area contributed by atoms with Crippen molar-refractivity contribution in [1.29, 1.82) is 0 Å². The topological polar surface area (TPSA) is 52.1 Å². The molecule has 2 heterocycles. The molecule has 0 aliphatic rings. The molecule has 0 saturated heterocycles. The number of rotatable bonds is 3. The molecule has 2 aromatic rings. The highest BCUT2D eigenvalue weighted by Gasteiger charge is 2.11. The van der Waals surface area contributed by atoms with E-state index in [1.54, 1.807) is 24.5 Å². The fourth-order valence-corrected chi connectivity index (χ4v) is 1.46. The molecule has 4 heteroatoms. The van der Waals surface area contributed by atoms with Crippen LogP contribution in [0.2, 0.25) is 0 Å². The average molecular weight is 228 g/mol. The average Bonchev–Trinajstić information content (AvgIpc) is 2.38. The van der Waals surface area contributed by atoms with Gasteiger partial charge in [-0.15, -0.1) is 0 Å². The summed E-state index contributed by atoms with van der Waals surface area (Å²) in [5.74, 6) is 0.406. The smallest absolute Gasteiger partial charge is 0.213 e. The van der Waals surface area contributed by atoms with E-state index >= 15 is 0 Å². The number of nitrogens with zero attached hydrogens (tertiary/aromatic N) is 2. The molecule has 17 heavy (non-hydrogen) atoms. The van der Waals surface area contributed by atoms with Gasteiger partial charge in [-0.1, -0.05) is 0 Å². The number of aromatic nitrogens is 2. The van der Waals surface area contributed by atoms with Crippen LogP contribution < -0.4 is 4.74 Å². The van der Waals surface area contributed by atoms with Crippen LogP contribution in [-0.4, -0.2) is 22.9 Å². The van der Waals surface area contributed by atoms with Crippen molar-refractivity contribution in [2.24, 2.45) is 0 Å². The third-order valence-electron chi connectivity index (χ3n) is 2.36. The van der Waals surface area contributed by atoms with Crippen molar-refractivity contribution >= 4 is 5.78 Å². The minimum absolute atomic E-state index is 0.153. The SMILES string of the molecule is COc1cncc(C(=O)c2cc(C)ccn2)c1. The lowest BCUT2D eigenvalue weighted by Gasteiger charge is -2.03. The summed E-state index contributed by atoms with van der Waals surface area (Å²) in [5, 5.41) is 0. The molecule has 0 bridgehead atoms. The molecular formula is C13H12N2O2. The molecule has 0 saturated carbocycles. The quantitative estimate of drug-likeness (QED) is 0.754. The second-order valence-electron chi connectivity index (χ2n) is 3.66. The van der Waals surface area contributed by atoms with Crippen LogP contribution in [0, 0.1) is 6.92 Å². The Hall–Kier alpha value is -2.23. The lowest BCUT2D eigenvalue weighted by molar-refractivity contribution is 0.103. The first kappa shape index (κ1) is 11.3. The highest BCUT2D eigenvalue weighted by atomic mass is 16.5. The number of ether oxygens (including phenoxy) is 1. The maximum Gasteiger partial charge on any atom is 0.213 e. The van der Waals surface area contributed by atoms with Gasteiger partial charge >= 0.3 is 0 Å². The largest absolute Gasteiger partial charge is 0.495 e. The summed E-state index contributed by atoms with van der Waals surface area (Å²) in [6, 6.07) is 5.25. The third kappa shape index (κ3) is 2.47. The summed E-state index contributed by atoms with van der Waals surface area (Å²) in [5.41, 5.74) is 1.89. The van der Waals surface area contributed by atoms with Crippen molar-refractivity contribution in [2.45, 2.75) is 6.92 Å². The van der Waals surface area contributed by atoms with Gasteiger partial charge in [0.2, 0.25) is 5.78 Å². The maximum atomic E-state index is 12.1. The van der Waals surface area contributed by atoms with Gasteiger partial charge in [-0.05, 0) is 30.7 Å². The lowest BCUT2D eigenvalue weighted by atomic mass is 10.1. The van der Waals surface area contributed by atoms with Crippen molar-refractivity contribution in [3.8, 4) is 5.75 Å². The van der Waals surface area contributed by atoms with E-state index < -0.39 is 0 Å². The predicted molar refractivity (Wildman–Crippen MR) is 63.2 cm³/mol. The van der Waals surface area contributed by atoms with Gasteiger partial charge in [0.1, 0.15) is 11.4 Å². The Morgan fingerprint density at radius 2 is 2.12 bits per heavy atom. The molecule has 0 fully saturated rings. The van der Waals surface area contributed by atoms with E-state index in [0.29, 0.717) is 17.0 Å². The number of hydrogen-bond acceptors (Lipinski definition) is 4. The Morgan fingerprint density at radius 1 is 1.29 bits per heavy atom. The molecular weight excluding hydrogens is 216 g/mol. The Labute approximate surface area is 99.3 Å². The summed E-state index contributed by atoms with van der Waals surface area (Å²) < 4.78 is 5.03. The molecule has 0 unspecified atom stereocenters. The number of methoxy groups -OCH3 is 1. The minimum Gasteiger partial charge on any atom is -0.495 e. The summed E-state index contributed by atoms with van der Waals surface area (Å²) in [7, 11) is 1.54. The Bertz CT molecular complexity index is 553. The molecule has 0 amide bonds. The number of pyridine rings is 2. The fraction of sp³-hybridized carbons (Fsp3) is 0.154. The summed E-state index contributed by atoms with van der Waals surface area (Å²) in [4.78, 5) is 20.1. The van der Waals surface area contributed by atoms with Crippen LogP contribution in [0.1, 0.15) is 21.6 Å². The van der Waals surface area contributed by atoms with Crippen molar-refractivity contribution in [1.82, 2.24) is 9.97 Å². The molecule has 2 aromatic heterocycles. The number of ketones is 1. The van der Waals surface area contributed by atoms with Gasteiger partial charge in [0.05, 0.1) is 13.3 Å². The molecule has 0 aliphatic heterocycles. The van der Waals surface area contributed by atoms with Crippen molar-refractivity contribution in [3.05, 3.63) is 53.6 Å². The molecule has 0 N–H and O–H groups in total. The van der Waals surface area contributed by atoms with Crippen LogP contribution in [0.5, 0.6) is 5.75 Å². The zero-order valence-corrected chi connectivity index (χ0v) is 9.68. The standard InChI is InChI=1S/C13H12N2O2/c1-9-3-4-15-12(5-9)13(16)10-6-11(17-2)8-14-7-10/h3-8H,1-2H3. The van der Waals surface area contributed by atoms with Crippen LogP contribution in [-0.2, 0) is 0 Å². The highest BCUT2D eigenvalue weighted by molar-refractivity contribution is 6.07. The van der Waals surface area contributed by atoms with E-state index in [-0.39, 0.29) is 5.78 Å². The first-order valence-electron chi connectivity index (χ1n) is 5.17. The fourth-order valence-electron chi connectivity index (χ4n) is 1.46. The summed E-state index contributed by atoms with van der Waals surface area (Å²) in [6.45, 7) is 1.92. The minimum atomic E-state index is -0.153. The lowest BCUT2D eigenvalue weighted by Crippen LogP contribution is -2.05. The van der Waals surface area contributed by atoms with Crippen LogP contribution in [0.3, 0.4) is 0 Å². The van der Waals surface area contributed by atoms with E-state index in [1.807, 2.05) is 13.0 Å². The predicted octanol–water partition coefficient (Wildman–Crippen LogP) is 2.02. The number of carbonyl (C=O) groups is 1. The van der Waals surface area contributed by atoms with Crippen LogP contribution >= 0.6 is 0 Å². The van der Waals surface area contributed by atoms with E-state index in [0.717, 1.165) is 5.56 Å². The van der Waals surface area contributed by atoms with Crippen molar-refractivity contribution < 1.29 is 9.53 Å². The Balaban J connectivity index is 2.36. The van der Waals surface area contributed by atoms with E-state index in [2.05, 4.69) is 9.97 Å². The van der Waals surface area contributed by atoms with Crippen molar-refractivity contribution in [3.63, 3.8) is 0 Å². The van der Waals surface area contributed by atoms with Gasteiger partial charge in [0, 0.05) is 18.0 Å². The van der Waals surface area contributed by atoms with Crippen LogP contribution in [0.15, 0.2) is 36.8 Å². The molecule has 0 radical (unpaired) electrons. The van der Waals surface area contributed by atoms with E-state index in [4.69, 9.17) is 4.74 Å². The van der Waals surface area contributed by atoms with Crippen LogP contribution in [0.25, 0.3) is 0 Å². The van der Waals surface area contributed by atoms with Gasteiger partial charge in [-0.3, -0.25) is 14.8 Å². The van der Waals surface area contributed by atoms with Gasteiger partial charge in [-0.2, -0.15) is 0 Å². The molecule has 0 aromatic carbocycles. The van der Waals surface area contributed by atoms with Crippen molar-refractivity contribution in [2.75, 3.05) is 7.11 Å². The maximum absolute atomic E-state index is 12.1.